The van der Waals surface area contributed by atoms with Gasteiger partial charge in [0.25, 0.3) is 0 Å². The van der Waals surface area contributed by atoms with Crippen molar-refractivity contribution in [3.05, 3.63) is 22.8 Å². The van der Waals surface area contributed by atoms with Gasteiger partial charge in [-0.1, -0.05) is 0 Å². The van der Waals surface area contributed by atoms with Gasteiger partial charge in [-0.3, -0.25) is 10.1 Å². The molecule has 5 nitrogen and oxygen atoms in total. The first-order valence-corrected chi connectivity index (χ1v) is 5.53. The Morgan fingerprint density at radius 3 is 2.75 bits per heavy atom. The zero-order chi connectivity index (χ0) is 12.0. The monoisotopic (exact) mass is 285 g/mol. The summed E-state index contributed by atoms with van der Waals surface area (Å²) in [4.78, 5) is 25.9. The summed E-state index contributed by atoms with van der Waals surface area (Å²) in [6.45, 7) is 1.81. The van der Waals surface area contributed by atoms with Crippen LogP contribution >= 0.6 is 15.9 Å². The Bertz CT molecular complexity index is 378. The molecule has 16 heavy (non-hydrogen) atoms. The van der Waals surface area contributed by atoms with Crippen molar-refractivity contribution in [2.24, 2.45) is 0 Å². The van der Waals surface area contributed by atoms with Gasteiger partial charge >= 0.3 is 6.03 Å². The maximum atomic E-state index is 11.3. The molecule has 6 heteroatoms. The van der Waals surface area contributed by atoms with E-state index in [1.165, 1.54) is 6.92 Å². The number of hydrogen-bond donors (Lipinski definition) is 2. The van der Waals surface area contributed by atoms with Crippen molar-refractivity contribution in [1.29, 1.82) is 0 Å². The van der Waals surface area contributed by atoms with E-state index >= 15 is 0 Å². The minimum absolute atomic E-state index is 0.0436. The maximum Gasteiger partial charge on any atom is 0.320 e. The Hall–Kier alpha value is -1.43. The number of anilines is 1. The second kappa shape index (κ2) is 6.22. The van der Waals surface area contributed by atoms with Crippen LogP contribution < -0.4 is 10.6 Å². The highest BCUT2D eigenvalue weighted by Crippen LogP contribution is 2.09. The van der Waals surface area contributed by atoms with Crippen LogP contribution in [-0.4, -0.2) is 23.3 Å². The molecule has 0 aliphatic heterocycles. The summed E-state index contributed by atoms with van der Waals surface area (Å²) in [6.07, 6.45) is 1.92. The van der Waals surface area contributed by atoms with E-state index in [0.29, 0.717) is 18.8 Å². The van der Waals surface area contributed by atoms with E-state index in [1.54, 1.807) is 18.3 Å². The second-order valence-electron chi connectivity index (χ2n) is 3.19. The number of urea groups is 1. The first kappa shape index (κ1) is 12.6. The normalized spacial score (nSPS) is 9.62. The molecule has 0 saturated carbocycles. The van der Waals surface area contributed by atoms with Crippen LogP contribution in [0.2, 0.25) is 0 Å². The van der Waals surface area contributed by atoms with Crippen LogP contribution in [0.5, 0.6) is 0 Å². The van der Waals surface area contributed by atoms with Gasteiger partial charge in [-0.2, -0.15) is 0 Å². The van der Waals surface area contributed by atoms with E-state index in [2.05, 4.69) is 31.5 Å². The molecule has 0 aromatic carbocycles. The fourth-order valence-electron chi connectivity index (χ4n) is 0.962. The molecule has 0 aliphatic carbocycles. The number of carbonyl (C=O) groups is 2. The van der Waals surface area contributed by atoms with Crippen molar-refractivity contribution >= 4 is 33.6 Å². The molecule has 0 bridgehead atoms. The lowest BCUT2D eigenvalue weighted by molar-refractivity contribution is -0.116. The Kier molecular flexibility index (Phi) is 4.91. The van der Waals surface area contributed by atoms with E-state index in [0.717, 1.165) is 4.47 Å². The molecule has 0 unspecified atom stereocenters. The molecular formula is C10H12BrN3O2. The third kappa shape index (κ3) is 4.88. The van der Waals surface area contributed by atoms with Gasteiger partial charge in [-0.25, -0.2) is 9.78 Å². The number of ketones is 1. The number of aromatic nitrogens is 1. The molecule has 1 aromatic heterocycles. The molecule has 0 atom stereocenters. The van der Waals surface area contributed by atoms with Gasteiger partial charge in [0.2, 0.25) is 0 Å². The van der Waals surface area contributed by atoms with E-state index in [9.17, 15) is 9.59 Å². The van der Waals surface area contributed by atoms with Crippen LogP contribution in [0.15, 0.2) is 22.8 Å². The van der Waals surface area contributed by atoms with Crippen molar-refractivity contribution in [3.8, 4) is 0 Å². The van der Waals surface area contributed by atoms with Crippen LogP contribution in [0.4, 0.5) is 10.6 Å². The average Bonchev–Trinajstić information content (AvgIpc) is 2.21. The topological polar surface area (TPSA) is 71.1 Å². The van der Waals surface area contributed by atoms with Gasteiger partial charge < -0.3 is 5.32 Å². The molecule has 1 heterocycles. The lowest BCUT2D eigenvalue weighted by Gasteiger charge is -2.05. The van der Waals surface area contributed by atoms with Crippen LogP contribution in [0.25, 0.3) is 0 Å². The van der Waals surface area contributed by atoms with Gasteiger partial charge in [-0.05, 0) is 35.0 Å². The zero-order valence-electron chi connectivity index (χ0n) is 8.79. The number of rotatable bonds is 4. The summed E-state index contributed by atoms with van der Waals surface area (Å²) in [5.74, 6) is 0.505. The second-order valence-corrected chi connectivity index (χ2v) is 4.11. The fourth-order valence-corrected chi connectivity index (χ4v) is 1.20. The quantitative estimate of drug-likeness (QED) is 0.888. The minimum Gasteiger partial charge on any atom is -0.337 e. The molecular weight excluding hydrogens is 274 g/mol. The number of halogens is 1. The lowest BCUT2D eigenvalue weighted by atomic mass is 10.3. The summed E-state index contributed by atoms with van der Waals surface area (Å²) in [5, 5.41) is 5.10. The summed E-state index contributed by atoms with van der Waals surface area (Å²) >= 11 is 3.24. The highest BCUT2D eigenvalue weighted by Gasteiger charge is 2.02. The SMILES string of the molecule is CC(=O)CCNC(=O)Nc1ccc(Br)cn1. The number of nitrogens with one attached hydrogen (secondary N) is 2. The Morgan fingerprint density at radius 1 is 1.44 bits per heavy atom. The molecule has 86 valence electrons. The predicted octanol–water partition coefficient (Wildman–Crippen LogP) is 1.94. The third-order valence-electron chi connectivity index (χ3n) is 1.73. The zero-order valence-corrected chi connectivity index (χ0v) is 10.4. The van der Waals surface area contributed by atoms with E-state index in [4.69, 9.17) is 0 Å². The predicted molar refractivity (Wildman–Crippen MR) is 64.3 cm³/mol. The molecule has 1 rings (SSSR count). The highest BCUT2D eigenvalue weighted by molar-refractivity contribution is 9.10. The molecule has 0 aliphatic rings. The molecule has 1 aromatic rings. The van der Waals surface area contributed by atoms with Crippen LogP contribution in [-0.2, 0) is 4.79 Å². The smallest absolute Gasteiger partial charge is 0.320 e. The molecule has 0 fully saturated rings. The van der Waals surface area contributed by atoms with Crippen LogP contribution in [0, 0.1) is 0 Å². The lowest BCUT2D eigenvalue weighted by Crippen LogP contribution is -2.30. The molecule has 0 saturated heterocycles. The molecule has 0 radical (unpaired) electrons. The first-order valence-electron chi connectivity index (χ1n) is 4.74. The number of Topliss-reactive ketones (excluding diaryl/α,β-unsaturated/α-hetero) is 1. The number of hydrogen-bond acceptors (Lipinski definition) is 3. The van der Waals surface area contributed by atoms with Gasteiger partial charge in [-0.15, -0.1) is 0 Å². The van der Waals surface area contributed by atoms with Gasteiger partial charge in [0.05, 0.1) is 0 Å². The minimum atomic E-state index is -0.365. The van der Waals surface area contributed by atoms with Gasteiger partial charge in [0.1, 0.15) is 11.6 Å². The number of amides is 2. The maximum absolute atomic E-state index is 11.3. The van der Waals surface area contributed by atoms with Crippen molar-refractivity contribution in [2.45, 2.75) is 13.3 Å². The molecule has 2 N–H and O–H groups in total. The van der Waals surface area contributed by atoms with Gasteiger partial charge in [0, 0.05) is 23.6 Å². The summed E-state index contributed by atoms with van der Waals surface area (Å²) in [7, 11) is 0. The highest BCUT2D eigenvalue weighted by atomic mass is 79.9. The average molecular weight is 286 g/mol. The summed E-state index contributed by atoms with van der Waals surface area (Å²) in [6, 6.07) is 3.09. The Balaban J connectivity index is 2.34. The summed E-state index contributed by atoms with van der Waals surface area (Å²) in [5.41, 5.74) is 0. The van der Waals surface area contributed by atoms with E-state index < -0.39 is 0 Å². The number of carbonyl (C=O) groups excluding carboxylic acids is 2. The standard InChI is InChI=1S/C10H12BrN3O2/c1-7(15)4-5-12-10(16)14-9-3-2-8(11)6-13-9/h2-3,6H,4-5H2,1H3,(H2,12,13,14,16). The van der Waals surface area contributed by atoms with Crippen molar-refractivity contribution in [1.82, 2.24) is 10.3 Å². The largest absolute Gasteiger partial charge is 0.337 e. The van der Waals surface area contributed by atoms with Crippen molar-refractivity contribution in [3.63, 3.8) is 0 Å². The van der Waals surface area contributed by atoms with Crippen LogP contribution in [0.3, 0.4) is 0 Å². The fraction of sp³-hybridized carbons (Fsp3) is 0.300. The molecule has 2 amide bonds. The number of nitrogens with zero attached hydrogens (tertiary/aromatic N) is 1. The first-order chi connectivity index (χ1) is 7.58. The summed E-state index contributed by atoms with van der Waals surface area (Å²) < 4.78 is 0.843. The van der Waals surface area contributed by atoms with Crippen molar-refractivity contribution in [2.75, 3.05) is 11.9 Å². The van der Waals surface area contributed by atoms with Crippen LogP contribution in [0.1, 0.15) is 13.3 Å². The van der Waals surface area contributed by atoms with E-state index in [-0.39, 0.29) is 11.8 Å². The van der Waals surface area contributed by atoms with Crippen molar-refractivity contribution < 1.29 is 9.59 Å². The number of pyridine rings is 1. The van der Waals surface area contributed by atoms with Gasteiger partial charge in [0.15, 0.2) is 0 Å². The Labute approximate surface area is 102 Å². The Morgan fingerprint density at radius 2 is 2.19 bits per heavy atom. The third-order valence-corrected chi connectivity index (χ3v) is 2.20. The van der Waals surface area contributed by atoms with E-state index in [1.807, 2.05) is 0 Å². The molecule has 0 spiro atoms.